The van der Waals surface area contributed by atoms with Gasteiger partial charge < -0.3 is 15.4 Å². The summed E-state index contributed by atoms with van der Waals surface area (Å²) in [5.41, 5.74) is 0.784. The third-order valence-corrected chi connectivity index (χ3v) is 3.88. The summed E-state index contributed by atoms with van der Waals surface area (Å²) < 4.78 is 3.67. The number of benzene rings is 2. The summed E-state index contributed by atoms with van der Waals surface area (Å²) in [7, 11) is 0. The van der Waals surface area contributed by atoms with Gasteiger partial charge in [-0.25, -0.2) is 0 Å². The fourth-order valence-electron chi connectivity index (χ4n) is 2.00. The van der Waals surface area contributed by atoms with Crippen molar-refractivity contribution >= 4 is 63.9 Å². The first-order valence-corrected chi connectivity index (χ1v) is 8.84. The molecule has 2 N–H and O–H groups in total. The van der Waals surface area contributed by atoms with Crippen LogP contribution in [-0.2, 0) is 4.79 Å². The minimum atomic E-state index is -1.95. The molecule has 1 atom stereocenters. The maximum Gasteiger partial charge on any atom is 0.254 e. The largest absolute Gasteiger partial charge is 0.466 e. The zero-order valence-corrected chi connectivity index (χ0v) is 16.5. The molecule has 0 saturated heterocycles. The molecule has 0 saturated carbocycles. The summed E-state index contributed by atoms with van der Waals surface area (Å²) >= 11 is 23.7. The van der Waals surface area contributed by atoms with Gasteiger partial charge in [-0.15, -0.1) is 0 Å². The first kappa shape index (κ1) is 20.6. The summed E-state index contributed by atoms with van der Waals surface area (Å²) in [5, 5.41) is 5.51. The highest BCUT2D eigenvalue weighted by Gasteiger charge is 2.36. The van der Waals surface area contributed by atoms with Crippen LogP contribution in [0.2, 0.25) is 5.02 Å². The van der Waals surface area contributed by atoms with Crippen LogP contribution in [-0.4, -0.2) is 21.8 Å². The van der Waals surface area contributed by atoms with E-state index in [4.69, 9.17) is 51.1 Å². The van der Waals surface area contributed by atoms with Crippen LogP contribution in [0.4, 0.5) is 5.69 Å². The second-order valence-electron chi connectivity index (χ2n) is 5.23. The van der Waals surface area contributed by atoms with Crippen molar-refractivity contribution in [3.8, 4) is 5.75 Å². The van der Waals surface area contributed by atoms with Crippen LogP contribution in [0.5, 0.6) is 5.75 Å². The smallest absolute Gasteiger partial charge is 0.254 e. The Morgan fingerprint density at radius 2 is 1.77 bits per heavy atom. The van der Waals surface area contributed by atoms with E-state index in [0.29, 0.717) is 16.5 Å². The molecular formula is C17H14Cl4N2O3. The van der Waals surface area contributed by atoms with Gasteiger partial charge >= 0.3 is 0 Å². The van der Waals surface area contributed by atoms with E-state index in [0.717, 1.165) is 0 Å². The quantitative estimate of drug-likeness (QED) is 0.523. The van der Waals surface area contributed by atoms with Gasteiger partial charge in [0.25, 0.3) is 5.91 Å². The number of carbonyl (C=O) groups excluding carboxylic acids is 2. The Kier molecular flexibility index (Phi) is 7.01. The number of ether oxygens (including phenoxy) is 1. The number of halogens is 4. The number of alkyl halides is 3. The van der Waals surface area contributed by atoms with Crippen LogP contribution >= 0.6 is 46.4 Å². The topological polar surface area (TPSA) is 67.4 Å². The standard InChI is InChI=1S/C17H14Cl4N2O3/c1-10(24)22-13-6-3-7-14(9-13)26-16(17(19,20)21)23-15(25)11-4-2-5-12(18)8-11/h2-9,16H,1H3,(H,22,24)(H,23,25)/t16-/m0/s1. The Morgan fingerprint density at radius 1 is 1.08 bits per heavy atom. The van der Waals surface area contributed by atoms with E-state index in [1.807, 2.05) is 0 Å². The zero-order chi connectivity index (χ0) is 19.3. The van der Waals surface area contributed by atoms with Crippen LogP contribution in [0, 0.1) is 0 Å². The van der Waals surface area contributed by atoms with Crippen LogP contribution in [0.15, 0.2) is 48.5 Å². The molecule has 0 fully saturated rings. The Morgan fingerprint density at radius 3 is 2.38 bits per heavy atom. The molecule has 0 aliphatic heterocycles. The number of hydrogen-bond acceptors (Lipinski definition) is 3. The van der Waals surface area contributed by atoms with Gasteiger partial charge in [-0.1, -0.05) is 58.5 Å². The number of carbonyl (C=O) groups is 2. The van der Waals surface area contributed by atoms with Crippen molar-refractivity contribution in [2.75, 3.05) is 5.32 Å². The average Bonchev–Trinajstić information content (AvgIpc) is 2.53. The Labute approximate surface area is 170 Å². The van der Waals surface area contributed by atoms with Crippen molar-refractivity contribution in [1.82, 2.24) is 5.32 Å². The third kappa shape index (κ3) is 6.25. The van der Waals surface area contributed by atoms with Gasteiger partial charge in [-0.2, -0.15) is 0 Å². The molecule has 0 aliphatic carbocycles. The highest BCUT2D eigenvalue weighted by Crippen LogP contribution is 2.32. The molecule has 2 amide bonds. The van der Waals surface area contributed by atoms with E-state index in [1.54, 1.807) is 36.4 Å². The van der Waals surface area contributed by atoms with Crippen molar-refractivity contribution in [3.05, 3.63) is 59.1 Å². The molecule has 2 rings (SSSR count). The molecule has 2 aromatic rings. The van der Waals surface area contributed by atoms with Crippen molar-refractivity contribution in [2.45, 2.75) is 16.9 Å². The summed E-state index contributed by atoms with van der Waals surface area (Å²) in [6, 6.07) is 12.8. The van der Waals surface area contributed by atoms with Crippen molar-refractivity contribution in [2.24, 2.45) is 0 Å². The van der Waals surface area contributed by atoms with Crippen LogP contribution < -0.4 is 15.4 Å². The minimum Gasteiger partial charge on any atom is -0.466 e. The fraction of sp³-hybridized carbons (Fsp3) is 0.176. The Bertz CT molecular complexity index is 809. The van der Waals surface area contributed by atoms with E-state index in [1.165, 1.54) is 19.1 Å². The van der Waals surface area contributed by atoms with Gasteiger partial charge in [0.15, 0.2) is 0 Å². The van der Waals surface area contributed by atoms with Gasteiger partial charge in [0, 0.05) is 29.3 Å². The maximum absolute atomic E-state index is 12.4. The number of hydrogen-bond donors (Lipinski definition) is 2. The Balaban J connectivity index is 2.18. The number of anilines is 1. The lowest BCUT2D eigenvalue weighted by atomic mass is 10.2. The first-order chi connectivity index (χ1) is 12.1. The normalized spacial score (nSPS) is 12.2. The lowest BCUT2D eigenvalue weighted by Crippen LogP contribution is -2.47. The monoisotopic (exact) mass is 434 g/mol. The SMILES string of the molecule is CC(=O)Nc1cccc(O[C@H](NC(=O)c2cccc(Cl)c2)C(Cl)(Cl)Cl)c1. The predicted molar refractivity (Wildman–Crippen MR) is 104 cm³/mol. The highest BCUT2D eigenvalue weighted by atomic mass is 35.6. The summed E-state index contributed by atoms with van der Waals surface area (Å²) in [6.45, 7) is 1.38. The molecule has 0 bridgehead atoms. The maximum atomic E-state index is 12.4. The van der Waals surface area contributed by atoms with E-state index >= 15 is 0 Å². The van der Waals surface area contributed by atoms with Crippen LogP contribution in [0.1, 0.15) is 17.3 Å². The number of nitrogens with one attached hydrogen (secondary N) is 2. The highest BCUT2D eigenvalue weighted by molar-refractivity contribution is 6.68. The first-order valence-electron chi connectivity index (χ1n) is 7.32. The molecule has 0 spiro atoms. The zero-order valence-electron chi connectivity index (χ0n) is 13.4. The molecule has 0 heterocycles. The average molecular weight is 436 g/mol. The van der Waals surface area contributed by atoms with Crippen LogP contribution in [0.3, 0.4) is 0 Å². The van der Waals surface area contributed by atoms with E-state index in [-0.39, 0.29) is 11.5 Å². The minimum absolute atomic E-state index is 0.241. The number of amides is 2. The summed E-state index contributed by atoms with van der Waals surface area (Å²) in [5.74, 6) is -0.477. The molecule has 5 nitrogen and oxygen atoms in total. The van der Waals surface area contributed by atoms with E-state index < -0.39 is 15.9 Å². The molecular weight excluding hydrogens is 422 g/mol. The predicted octanol–water partition coefficient (Wildman–Crippen LogP) is 4.80. The third-order valence-electron chi connectivity index (χ3n) is 3.05. The Hall–Kier alpha value is -1.66. The second kappa shape index (κ2) is 8.82. The van der Waals surface area contributed by atoms with Gasteiger partial charge in [-0.3, -0.25) is 9.59 Å². The summed E-state index contributed by atoms with van der Waals surface area (Å²) in [4.78, 5) is 23.5. The van der Waals surface area contributed by atoms with Gasteiger partial charge in [0.1, 0.15) is 5.75 Å². The molecule has 2 aromatic carbocycles. The lowest BCUT2D eigenvalue weighted by molar-refractivity contribution is -0.114. The van der Waals surface area contributed by atoms with Gasteiger partial charge in [0.2, 0.25) is 15.9 Å². The fourth-order valence-corrected chi connectivity index (χ4v) is 2.48. The molecule has 0 aromatic heterocycles. The van der Waals surface area contributed by atoms with Crippen molar-refractivity contribution < 1.29 is 14.3 Å². The van der Waals surface area contributed by atoms with E-state index in [2.05, 4.69) is 10.6 Å². The van der Waals surface area contributed by atoms with Crippen molar-refractivity contribution in [3.63, 3.8) is 0 Å². The lowest BCUT2D eigenvalue weighted by Gasteiger charge is -2.26. The summed E-state index contributed by atoms with van der Waals surface area (Å²) in [6.07, 6.45) is -1.29. The van der Waals surface area contributed by atoms with E-state index in [9.17, 15) is 9.59 Å². The molecule has 0 unspecified atom stereocenters. The molecule has 138 valence electrons. The molecule has 0 radical (unpaired) electrons. The molecule has 0 aliphatic rings. The van der Waals surface area contributed by atoms with Crippen molar-refractivity contribution in [1.29, 1.82) is 0 Å². The molecule has 26 heavy (non-hydrogen) atoms. The second-order valence-corrected chi connectivity index (χ2v) is 8.04. The van der Waals surface area contributed by atoms with Gasteiger partial charge in [-0.05, 0) is 30.3 Å². The van der Waals surface area contributed by atoms with Gasteiger partial charge in [0.05, 0.1) is 0 Å². The number of rotatable bonds is 5. The molecule has 9 heteroatoms. The van der Waals surface area contributed by atoms with Crippen LogP contribution in [0.25, 0.3) is 0 Å².